The van der Waals surface area contributed by atoms with Gasteiger partial charge in [0.05, 0.1) is 10.7 Å². The van der Waals surface area contributed by atoms with Crippen LogP contribution >= 0.6 is 23.8 Å². The molecule has 0 unspecified atom stereocenters. The number of aromatic hydroxyl groups is 1. The van der Waals surface area contributed by atoms with E-state index in [1.54, 1.807) is 24.3 Å². The molecule has 7 heteroatoms. The number of H-pyrrole nitrogens is 1. The number of nitrogens with one attached hydrogen (secondary N) is 1. The van der Waals surface area contributed by atoms with Crippen molar-refractivity contribution in [2.75, 3.05) is 6.54 Å². The van der Waals surface area contributed by atoms with Crippen molar-refractivity contribution in [3.8, 4) is 11.6 Å². The molecule has 2 N–H and O–H groups in total. The van der Waals surface area contributed by atoms with Crippen molar-refractivity contribution in [2.45, 2.75) is 32.1 Å². The number of halogens is 1. The molecule has 1 aromatic heterocycles. The smallest absolute Gasteiger partial charge is 0.264 e. The van der Waals surface area contributed by atoms with Crippen LogP contribution in [0.4, 0.5) is 0 Å². The highest BCUT2D eigenvalue weighted by Crippen LogP contribution is 2.25. The zero-order valence-electron chi connectivity index (χ0n) is 14.2. The number of hydrogen-bond acceptors (Lipinski definition) is 4. The Morgan fingerprint density at radius 3 is 2.88 bits per heavy atom. The summed E-state index contributed by atoms with van der Waals surface area (Å²) in [5.41, 5.74) is 1.50. The summed E-state index contributed by atoms with van der Waals surface area (Å²) < 4.78 is 1.41. The minimum atomic E-state index is -0.476. The molecule has 136 valence electrons. The molecule has 1 aliphatic carbocycles. The van der Waals surface area contributed by atoms with E-state index in [1.165, 1.54) is 29.2 Å². The quantitative estimate of drug-likeness (QED) is 0.447. The predicted molar refractivity (Wildman–Crippen MR) is 108 cm³/mol. The molecule has 1 heterocycles. The number of nitrogens with zero attached hydrogens (tertiary/aromatic N) is 2. The average Bonchev–Trinajstić information content (AvgIpc) is 2.63. The first-order valence-electron chi connectivity index (χ1n) is 8.59. The lowest BCUT2D eigenvalue weighted by molar-refractivity contribution is 0.432. The first-order valence-corrected chi connectivity index (χ1v) is 9.37. The highest BCUT2D eigenvalue weighted by atomic mass is 35.5. The summed E-state index contributed by atoms with van der Waals surface area (Å²) in [6, 6.07) is 6.96. The van der Waals surface area contributed by atoms with Crippen LogP contribution in [-0.2, 0) is 0 Å². The molecular weight excluding hydrogens is 370 g/mol. The number of aromatic amines is 1. The summed E-state index contributed by atoms with van der Waals surface area (Å²) in [5.74, 6) is -0.271. The van der Waals surface area contributed by atoms with Gasteiger partial charge in [0.15, 0.2) is 4.77 Å². The number of rotatable bonds is 5. The average molecular weight is 390 g/mol. The summed E-state index contributed by atoms with van der Waals surface area (Å²) in [6.45, 7) is 0.576. The number of aliphatic imine (C=N–C) groups is 1. The summed E-state index contributed by atoms with van der Waals surface area (Å²) in [6.07, 6.45) is 9.30. The van der Waals surface area contributed by atoms with Crippen LogP contribution in [0.2, 0.25) is 5.02 Å². The predicted octanol–water partition coefficient (Wildman–Crippen LogP) is 4.56. The van der Waals surface area contributed by atoms with Crippen molar-refractivity contribution in [1.29, 1.82) is 0 Å². The molecule has 3 rings (SSSR count). The molecule has 0 saturated carbocycles. The van der Waals surface area contributed by atoms with Crippen LogP contribution in [0.15, 0.2) is 45.7 Å². The molecule has 0 radical (unpaired) electrons. The minimum Gasteiger partial charge on any atom is -0.494 e. The van der Waals surface area contributed by atoms with E-state index in [0.29, 0.717) is 17.3 Å². The van der Waals surface area contributed by atoms with Gasteiger partial charge >= 0.3 is 0 Å². The van der Waals surface area contributed by atoms with Crippen molar-refractivity contribution in [2.24, 2.45) is 4.99 Å². The molecule has 26 heavy (non-hydrogen) atoms. The Kier molecular flexibility index (Phi) is 6.06. The van der Waals surface area contributed by atoms with Crippen LogP contribution in [0.25, 0.3) is 5.69 Å². The molecule has 0 fully saturated rings. The maximum absolute atomic E-state index is 12.2. The Hall–Kier alpha value is -2.18. The van der Waals surface area contributed by atoms with Gasteiger partial charge < -0.3 is 5.11 Å². The van der Waals surface area contributed by atoms with E-state index in [-0.39, 0.29) is 16.2 Å². The largest absolute Gasteiger partial charge is 0.494 e. The number of para-hydroxylation sites is 1. The van der Waals surface area contributed by atoms with Crippen molar-refractivity contribution in [3.63, 3.8) is 0 Å². The van der Waals surface area contributed by atoms with Gasteiger partial charge in [-0.05, 0) is 56.5 Å². The third-order valence-electron chi connectivity index (χ3n) is 4.38. The van der Waals surface area contributed by atoms with E-state index in [4.69, 9.17) is 23.8 Å². The second kappa shape index (κ2) is 8.47. The monoisotopic (exact) mass is 389 g/mol. The maximum atomic E-state index is 12.2. The molecule has 0 amide bonds. The summed E-state index contributed by atoms with van der Waals surface area (Å²) in [7, 11) is 0. The van der Waals surface area contributed by atoms with Gasteiger partial charge in [0.25, 0.3) is 5.56 Å². The molecule has 1 aromatic carbocycles. The summed E-state index contributed by atoms with van der Waals surface area (Å²) in [5, 5.41) is 11.0. The van der Waals surface area contributed by atoms with Gasteiger partial charge in [0.1, 0.15) is 5.56 Å². The highest BCUT2D eigenvalue weighted by molar-refractivity contribution is 7.71. The molecule has 1 aliphatic rings. The van der Waals surface area contributed by atoms with Crippen LogP contribution in [0.3, 0.4) is 0 Å². The Balaban J connectivity index is 1.88. The Morgan fingerprint density at radius 2 is 2.15 bits per heavy atom. The molecule has 0 atom stereocenters. The van der Waals surface area contributed by atoms with Crippen LogP contribution in [0, 0.1) is 4.77 Å². The Bertz CT molecular complexity index is 975. The highest BCUT2D eigenvalue weighted by Gasteiger charge is 2.14. The van der Waals surface area contributed by atoms with Crippen molar-refractivity contribution in [1.82, 2.24) is 9.55 Å². The molecule has 2 aromatic rings. The fourth-order valence-corrected chi connectivity index (χ4v) is 3.50. The lowest BCUT2D eigenvalue weighted by Crippen LogP contribution is -2.18. The van der Waals surface area contributed by atoms with Crippen molar-refractivity contribution in [3.05, 3.63) is 61.6 Å². The maximum Gasteiger partial charge on any atom is 0.264 e. The van der Waals surface area contributed by atoms with E-state index in [0.717, 1.165) is 19.3 Å². The lowest BCUT2D eigenvalue weighted by atomic mass is 9.97. The Morgan fingerprint density at radius 1 is 1.35 bits per heavy atom. The second-order valence-corrected chi connectivity index (χ2v) is 6.97. The van der Waals surface area contributed by atoms with Crippen LogP contribution in [-0.4, -0.2) is 27.4 Å². The van der Waals surface area contributed by atoms with E-state index in [2.05, 4.69) is 16.1 Å². The van der Waals surface area contributed by atoms with Gasteiger partial charge in [-0.3, -0.25) is 19.3 Å². The zero-order chi connectivity index (χ0) is 18.5. The van der Waals surface area contributed by atoms with Gasteiger partial charge in [0.2, 0.25) is 5.88 Å². The fraction of sp³-hybridized carbons (Fsp3) is 0.316. The van der Waals surface area contributed by atoms with Crippen LogP contribution in [0.5, 0.6) is 5.88 Å². The van der Waals surface area contributed by atoms with Crippen molar-refractivity contribution >= 4 is 30.0 Å². The first kappa shape index (κ1) is 18.6. The van der Waals surface area contributed by atoms with E-state index < -0.39 is 5.56 Å². The molecular formula is C19H20ClN3O2S. The third kappa shape index (κ3) is 4.14. The molecule has 0 saturated heterocycles. The van der Waals surface area contributed by atoms with E-state index >= 15 is 0 Å². The minimum absolute atomic E-state index is 0.0659. The van der Waals surface area contributed by atoms with Gasteiger partial charge in [0, 0.05) is 12.8 Å². The van der Waals surface area contributed by atoms with Gasteiger partial charge in [-0.2, -0.15) is 0 Å². The summed E-state index contributed by atoms with van der Waals surface area (Å²) >= 11 is 11.4. The second-order valence-electron chi connectivity index (χ2n) is 6.18. The topological polar surface area (TPSA) is 70.4 Å². The van der Waals surface area contributed by atoms with Gasteiger partial charge in [-0.1, -0.05) is 35.4 Å². The third-order valence-corrected chi connectivity index (χ3v) is 4.99. The Labute approximate surface area is 161 Å². The van der Waals surface area contributed by atoms with E-state index in [9.17, 15) is 9.90 Å². The number of allylic oxidation sites excluding steroid dienone is 1. The lowest BCUT2D eigenvalue weighted by Gasteiger charge is -2.12. The fourth-order valence-electron chi connectivity index (χ4n) is 3.01. The number of benzene rings is 1. The molecule has 0 aliphatic heterocycles. The number of hydrogen-bond donors (Lipinski definition) is 2. The molecule has 0 spiro atoms. The normalized spacial score (nSPS) is 14.6. The summed E-state index contributed by atoms with van der Waals surface area (Å²) in [4.78, 5) is 19.1. The zero-order valence-corrected chi connectivity index (χ0v) is 15.8. The van der Waals surface area contributed by atoms with E-state index in [1.807, 2.05) is 0 Å². The van der Waals surface area contributed by atoms with Crippen LogP contribution in [0.1, 0.15) is 37.7 Å². The first-order chi connectivity index (χ1) is 12.6. The molecule has 5 nitrogen and oxygen atoms in total. The SMILES string of the molecule is O=c1[nH]c(=S)n(-c2ccccc2Cl)c(O)c1C=NCCC1=CCCCC1. The van der Waals surface area contributed by atoms with Crippen molar-refractivity contribution < 1.29 is 5.11 Å². The standard InChI is InChI=1S/C19H20ClN3O2S/c20-15-8-4-5-9-16(15)23-18(25)14(17(24)22-19(23)26)12-21-11-10-13-6-2-1-3-7-13/h4-6,8-9,12,25H,1-3,7,10-11H2,(H,22,24,26). The molecule has 0 bridgehead atoms. The van der Waals surface area contributed by atoms with Gasteiger partial charge in [-0.15, -0.1) is 0 Å². The van der Waals surface area contributed by atoms with Crippen LogP contribution < -0.4 is 5.56 Å². The van der Waals surface area contributed by atoms with Gasteiger partial charge in [-0.25, -0.2) is 0 Å². The number of aromatic nitrogens is 2.